The van der Waals surface area contributed by atoms with E-state index in [0.717, 1.165) is 10.9 Å². The number of fused-ring (bicyclic) bond motifs is 1. The quantitative estimate of drug-likeness (QED) is 0.410. The molecule has 0 atom stereocenters. The largest absolute Gasteiger partial charge is 0.482 e. The van der Waals surface area contributed by atoms with Gasteiger partial charge >= 0.3 is 0 Å². The fraction of sp³-hybridized carbons (Fsp3) is 0.0833. The van der Waals surface area contributed by atoms with Crippen LogP contribution in [0.3, 0.4) is 0 Å². The van der Waals surface area contributed by atoms with Crippen LogP contribution in [0.25, 0.3) is 11.0 Å². The van der Waals surface area contributed by atoms with Gasteiger partial charge in [0.05, 0.1) is 5.02 Å². The molecule has 3 aromatic carbocycles. The van der Waals surface area contributed by atoms with Crippen LogP contribution in [0.1, 0.15) is 16.1 Å². The predicted octanol–water partition coefficient (Wildman–Crippen LogP) is 5.66. The molecule has 1 heterocycles. The maximum Gasteiger partial charge on any atom is 0.291 e. The number of carbonyl (C=O) groups is 2. The van der Waals surface area contributed by atoms with Crippen LogP contribution in [-0.4, -0.2) is 18.4 Å². The summed E-state index contributed by atoms with van der Waals surface area (Å²) < 4.78 is 11.0. The van der Waals surface area contributed by atoms with E-state index < -0.39 is 0 Å². The first-order chi connectivity index (χ1) is 15.0. The van der Waals surface area contributed by atoms with Crippen LogP contribution >= 0.6 is 11.6 Å². The van der Waals surface area contributed by atoms with Crippen molar-refractivity contribution in [2.45, 2.75) is 6.92 Å². The maximum atomic E-state index is 12.5. The molecule has 0 spiro atoms. The number of amides is 2. The lowest BCUT2D eigenvalue weighted by molar-refractivity contribution is -0.118. The third-order valence-corrected chi connectivity index (χ3v) is 4.92. The number of halogens is 1. The molecule has 31 heavy (non-hydrogen) atoms. The van der Waals surface area contributed by atoms with Crippen LogP contribution < -0.4 is 15.4 Å². The number of hydrogen-bond acceptors (Lipinski definition) is 4. The summed E-state index contributed by atoms with van der Waals surface area (Å²) in [5.74, 6) is 0.0106. The van der Waals surface area contributed by atoms with Crippen molar-refractivity contribution in [1.82, 2.24) is 0 Å². The Balaban J connectivity index is 1.37. The first kappa shape index (κ1) is 20.5. The molecule has 0 unspecified atom stereocenters. The summed E-state index contributed by atoms with van der Waals surface area (Å²) in [6.07, 6.45) is 0. The highest BCUT2D eigenvalue weighted by Crippen LogP contribution is 2.24. The summed E-state index contributed by atoms with van der Waals surface area (Å²) in [7, 11) is 0. The number of furan rings is 1. The highest BCUT2D eigenvalue weighted by molar-refractivity contribution is 6.32. The number of nitrogens with one attached hydrogen (secondary N) is 2. The molecule has 4 rings (SSSR count). The Morgan fingerprint density at radius 2 is 1.74 bits per heavy atom. The second kappa shape index (κ2) is 8.93. The molecule has 0 radical (unpaired) electrons. The number of anilines is 2. The molecule has 4 aromatic rings. The minimum atomic E-state index is -0.343. The van der Waals surface area contributed by atoms with E-state index in [9.17, 15) is 9.59 Å². The number of rotatable bonds is 6. The van der Waals surface area contributed by atoms with Crippen molar-refractivity contribution in [2.24, 2.45) is 0 Å². The summed E-state index contributed by atoms with van der Waals surface area (Å²) in [5, 5.41) is 6.90. The third-order valence-electron chi connectivity index (χ3n) is 4.60. The molecule has 0 bridgehead atoms. The zero-order valence-corrected chi connectivity index (χ0v) is 17.4. The van der Waals surface area contributed by atoms with Crippen molar-refractivity contribution >= 4 is 45.8 Å². The van der Waals surface area contributed by atoms with Crippen molar-refractivity contribution in [3.63, 3.8) is 0 Å². The van der Waals surface area contributed by atoms with Gasteiger partial charge in [-0.15, -0.1) is 0 Å². The van der Waals surface area contributed by atoms with E-state index in [-0.39, 0.29) is 24.2 Å². The Morgan fingerprint density at radius 1 is 0.968 bits per heavy atom. The lowest BCUT2D eigenvalue weighted by Gasteiger charge is -2.11. The molecule has 0 aliphatic rings. The van der Waals surface area contributed by atoms with E-state index in [1.165, 1.54) is 0 Å². The van der Waals surface area contributed by atoms with Gasteiger partial charge in [0.2, 0.25) is 0 Å². The zero-order chi connectivity index (χ0) is 21.8. The number of hydrogen-bond donors (Lipinski definition) is 2. The molecule has 6 nitrogen and oxygen atoms in total. The number of benzene rings is 3. The van der Waals surface area contributed by atoms with E-state index in [0.29, 0.717) is 27.7 Å². The van der Waals surface area contributed by atoms with Crippen molar-refractivity contribution in [3.8, 4) is 5.75 Å². The Bertz CT molecular complexity index is 1230. The van der Waals surface area contributed by atoms with Gasteiger partial charge in [-0.25, -0.2) is 0 Å². The Kier molecular flexibility index (Phi) is 5.91. The van der Waals surface area contributed by atoms with Gasteiger partial charge in [-0.2, -0.15) is 0 Å². The molecule has 0 aliphatic heterocycles. The van der Waals surface area contributed by atoms with Crippen LogP contribution in [0.4, 0.5) is 11.4 Å². The first-order valence-electron chi connectivity index (χ1n) is 9.57. The van der Waals surface area contributed by atoms with Gasteiger partial charge in [0.15, 0.2) is 12.4 Å². The molecule has 7 heteroatoms. The van der Waals surface area contributed by atoms with Crippen LogP contribution in [-0.2, 0) is 4.79 Å². The third kappa shape index (κ3) is 4.87. The molecule has 0 saturated carbocycles. The zero-order valence-electron chi connectivity index (χ0n) is 16.6. The van der Waals surface area contributed by atoms with Crippen LogP contribution in [0.15, 0.2) is 77.2 Å². The van der Waals surface area contributed by atoms with E-state index in [4.69, 9.17) is 20.8 Å². The molecule has 2 N–H and O–H groups in total. The minimum absolute atomic E-state index is 0.173. The van der Waals surface area contributed by atoms with Gasteiger partial charge in [0.25, 0.3) is 11.8 Å². The predicted molar refractivity (Wildman–Crippen MR) is 121 cm³/mol. The van der Waals surface area contributed by atoms with Crippen molar-refractivity contribution in [3.05, 3.63) is 89.1 Å². The van der Waals surface area contributed by atoms with Crippen LogP contribution in [0.2, 0.25) is 5.02 Å². The van der Waals surface area contributed by atoms with Crippen LogP contribution in [0, 0.1) is 6.92 Å². The molecule has 0 aliphatic carbocycles. The Morgan fingerprint density at radius 3 is 2.52 bits per heavy atom. The van der Waals surface area contributed by atoms with Gasteiger partial charge in [-0.05, 0) is 55.0 Å². The SMILES string of the molecule is Cc1cc(NC(=O)COc2ccccc2Cl)ccc1NC(=O)c1cc2ccccc2o1. The van der Waals surface area contributed by atoms with Crippen molar-refractivity contribution in [1.29, 1.82) is 0 Å². The molecule has 2 amide bonds. The fourth-order valence-electron chi connectivity index (χ4n) is 3.06. The number of para-hydroxylation sites is 2. The first-order valence-corrected chi connectivity index (χ1v) is 9.95. The second-order valence-corrected chi connectivity index (χ2v) is 7.31. The van der Waals surface area contributed by atoms with Gasteiger partial charge in [0, 0.05) is 16.8 Å². The van der Waals surface area contributed by atoms with E-state index >= 15 is 0 Å². The highest BCUT2D eigenvalue weighted by Gasteiger charge is 2.14. The normalized spacial score (nSPS) is 10.6. The van der Waals surface area contributed by atoms with E-state index in [2.05, 4.69) is 10.6 Å². The highest BCUT2D eigenvalue weighted by atomic mass is 35.5. The molecule has 1 aromatic heterocycles. The minimum Gasteiger partial charge on any atom is -0.482 e. The molecule has 0 fully saturated rings. The molecular weight excluding hydrogens is 416 g/mol. The lowest BCUT2D eigenvalue weighted by atomic mass is 10.1. The van der Waals surface area contributed by atoms with Crippen molar-refractivity contribution < 1.29 is 18.7 Å². The number of carbonyl (C=O) groups excluding carboxylic acids is 2. The molecular formula is C24H19ClN2O4. The van der Waals surface area contributed by atoms with Gasteiger partial charge in [0.1, 0.15) is 11.3 Å². The van der Waals surface area contributed by atoms with E-state index in [1.54, 1.807) is 48.5 Å². The number of ether oxygens (including phenoxy) is 1. The Hall–Kier alpha value is -3.77. The van der Waals surface area contributed by atoms with Gasteiger partial charge in [-0.3, -0.25) is 9.59 Å². The maximum absolute atomic E-state index is 12.5. The topological polar surface area (TPSA) is 80.6 Å². The second-order valence-electron chi connectivity index (χ2n) is 6.90. The summed E-state index contributed by atoms with van der Waals surface area (Å²) in [6.45, 7) is 1.66. The number of aryl methyl sites for hydroxylation is 1. The standard InChI is InChI=1S/C24H19ClN2O4/c1-15-12-17(26-23(28)14-30-21-9-5-3-7-18(21)25)10-11-19(15)27-24(29)22-13-16-6-2-4-8-20(16)31-22/h2-13H,14H2,1H3,(H,26,28)(H,27,29). The summed E-state index contributed by atoms with van der Waals surface area (Å²) in [5.41, 5.74) is 2.65. The van der Waals surface area contributed by atoms with E-state index in [1.807, 2.05) is 31.2 Å². The lowest BCUT2D eigenvalue weighted by Crippen LogP contribution is -2.20. The van der Waals surface area contributed by atoms with Gasteiger partial charge in [-0.1, -0.05) is 41.9 Å². The van der Waals surface area contributed by atoms with Gasteiger partial charge < -0.3 is 19.8 Å². The van der Waals surface area contributed by atoms with Crippen molar-refractivity contribution in [2.75, 3.05) is 17.2 Å². The fourth-order valence-corrected chi connectivity index (χ4v) is 3.25. The average Bonchev–Trinajstić information content (AvgIpc) is 3.19. The monoisotopic (exact) mass is 434 g/mol. The summed E-state index contributed by atoms with van der Waals surface area (Å²) in [6, 6.07) is 21.3. The molecule has 156 valence electrons. The summed E-state index contributed by atoms with van der Waals surface area (Å²) >= 11 is 6.02. The Labute approximate surface area is 183 Å². The summed E-state index contributed by atoms with van der Waals surface area (Å²) in [4.78, 5) is 24.7. The van der Waals surface area contributed by atoms with Crippen LogP contribution in [0.5, 0.6) is 5.75 Å². The molecule has 0 saturated heterocycles. The smallest absolute Gasteiger partial charge is 0.291 e. The average molecular weight is 435 g/mol.